The van der Waals surface area contributed by atoms with Crippen LogP contribution in [0.3, 0.4) is 0 Å². The van der Waals surface area contributed by atoms with Crippen LogP contribution in [0.15, 0.2) is 40.9 Å². The lowest BCUT2D eigenvalue weighted by atomic mass is 10.1. The van der Waals surface area contributed by atoms with E-state index in [-0.39, 0.29) is 24.4 Å². The molecule has 0 radical (unpaired) electrons. The maximum atomic E-state index is 12.2. The monoisotopic (exact) mass is 408 g/mol. The Labute approximate surface area is 153 Å². The van der Waals surface area contributed by atoms with Crippen LogP contribution in [0.25, 0.3) is 0 Å². The second-order valence-electron chi connectivity index (χ2n) is 5.34. The first-order chi connectivity index (χ1) is 11.4. The molecule has 0 aliphatic carbocycles. The zero-order valence-electron chi connectivity index (χ0n) is 13.4. The summed E-state index contributed by atoms with van der Waals surface area (Å²) in [4.78, 5) is 37.7. The van der Waals surface area contributed by atoms with Crippen LogP contribution in [0.1, 0.15) is 44.7 Å². The van der Waals surface area contributed by atoms with Crippen molar-refractivity contribution in [3.05, 3.63) is 56.2 Å². The van der Waals surface area contributed by atoms with Gasteiger partial charge in [0.25, 0.3) is 0 Å². The Hall–Kier alpha value is -1.79. The van der Waals surface area contributed by atoms with Gasteiger partial charge in [0.15, 0.2) is 11.9 Å². The third-order valence-electron chi connectivity index (χ3n) is 3.38. The third-order valence-corrected chi connectivity index (χ3v) is 4.95. The van der Waals surface area contributed by atoms with Crippen molar-refractivity contribution in [1.82, 2.24) is 0 Å². The molecule has 1 aromatic heterocycles. The molecule has 0 fully saturated rings. The number of hydrogen-bond donors (Lipinski definition) is 0. The van der Waals surface area contributed by atoms with Crippen LogP contribution >= 0.6 is 27.3 Å². The van der Waals surface area contributed by atoms with Gasteiger partial charge in [-0.1, -0.05) is 28.1 Å². The summed E-state index contributed by atoms with van der Waals surface area (Å²) in [6.45, 7) is 3.46. The molecule has 2 rings (SSSR count). The number of benzene rings is 1. The van der Waals surface area contributed by atoms with Crippen molar-refractivity contribution in [1.29, 1.82) is 0 Å². The summed E-state index contributed by atoms with van der Waals surface area (Å²) >= 11 is 4.70. The zero-order valence-corrected chi connectivity index (χ0v) is 15.8. The van der Waals surface area contributed by atoms with E-state index in [1.165, 1.54) is 18.3 Å². The molecule has 2 aromatic rings. The minimum Gasteiger partial charge on any atom is -0.454 e. The van der Waals surface area contributed by atoms with Crippen LogP contribution in [0.5, 0.6) is 0 Å². The Balaban J connectivity index is 1.84. The van der Waals surface area contributed by atoms with Gasteiger partial charge in [0.1, 0.15) is 0 Å². The molecule has 1 atom stereocenters. The summed E-state index contributed by atoms with van der Waals surface area (Å²) in [5.74, 6) is -0.900. The molecule has 4 nitrogen and oxygen atoms in total. The van der Waals surface area contributed by atoms with E-state index in [1.807, 2.05) is 13.0 Å². The number of carbonyl (C=O) groups is 3. The molecule has 6 heteroatoms. The second kappa shape index (κ2) is 8.35. The van der Waals surface area contributed by atoms with Gasteiger partial charge in [-0.15, -0.1) is 11.3 Å². The molecule has 126 valence electrons. The number of halogens is 1. The van der Waals surface area contributed by atoms with Gasteiger partial charge in [-0.2, -0.15) is 0 Å². The molecule has 0 amide bonds. The SMILES string of the molecule is Cc1ccc(C(=O)CCC(=O)O[C@H](C)C(=O)c2ccc(Br)cc2)s1. The molecular weight excluding hydrogens is 392 g/mol. The first-order valence-corrected chi connectivity index (χ1v) is 9.06. The van der Waals surface area contributed by atoms with Gasteiger partial charge in [0, 0.05) is 21.3 Å². The maximum absolute atomic E-state index is 12.2. The van der Waals surface area contributed by atoms with E-state index in [2.05, 4.69) is 15.9 Å². The highest BCUT2D eigenvalue weighted by Gasteiger charge is 2.20. The van der Waals surface area contributed by atoms with Gasteiger partial charge in [0.2, 0.25) is 5.78 Å². The lowest BCUT2D eigenvalue weighted by molar-refractivity contribution is -0.146. The van der Waals surface area contributed by atoms with Gasteiger partial charge < -0.3 is 4.74 Å². The molecule has 0 saturated carbocycles. The molecule has 1 aromatic carbocycles. The van der Waals surface area contributed by atoms with Crippen molar-refractivity contribution in [2.24, 2.45) is 0 Å². The Morgan fingerprint density at radius 2 is 1.75 bits per heavy atom. The van der Waals surface area contributed by atoms with Crippen molar-refractivity contribution < 1.29 is 19.1 Å². The molecule has 0 unspecified atom stereocenters. The molecule has 0 N–H and O–H groups in total. The van der Waals surface area contributed by atoms with Gasteiger partial charge in [-0.3, -0.25) is 14.4 Å². The van der Waals surface area contributed by atoms with Crippen LogP contribution in [0.4, 0.5) is 0 Å². The summed E-state index contributed by atoms with van der Waals surface area (Å²) in [7, 11) is 0. The van der Waals surface area contributed by atoms with E-state index >= 15 is 0 Å². The number of ether oxygens (including phenoxy) is 1. The fourth-order valence-corrected chi connectivity index (χ4v) is 3.18. The predicted octanol–water partition coefficient (Wildman–Crippen LogP) is 4.60. The third kappa shape index (κ3) is 5.11. The molecule has 0 saturated heterocycles. The summed E-state index contributed by atoms with van der Waals surface area (Å²) in [5, 5.41) is 0. The molecule has 0 aliphatic rings. The van der Waals surface area contributed by atoms with Crippen LogP contribution in [0, 0.1) is 6.92 Å². The van der Waals surface area contributed by atoms with E-state index < -0.39 is 12.1 Å². The van der Waals surface area contributed by atoms with E-state index in [0.717, 1.165) is 9.35 Å². The van der Waals surface area contributed by atoms with E-state index in [9.17, 15) is 14.4 Å². The van der Waals surface area contributed by atoms with Gasteiger partial charge in [0.05, 0.1) is 11.3 Å². The Bertz CT molecular complexity index is 749. The fraction of sp³-hybridized carbons (Fsp3) is 0.278. The van der Waals surface area contributed by atoms with Crippen molar-refractivity contribution in [2.45, 2.75) is 32.8 Å². The number of ketones is 2. The minimum absolute atomic E-state index is 0.0340. The highest BCUT2D eigenvalue weighted by atomic mass is 79.9. The van der Waals surface area contributed by atoms with Gasteiger partial charge in [-0.25, -0.2) is 0 Å². The highest BCUT2D eigenvalue weighted by Crippen LogP contribution is 2.18. The molecule has 1 heterocycles. The smallest absolute Gasteiger partial charge is 0.306 e. The first-order valence-electron chi connectivity index (χ1n) is 7.45. The van der Waals surface area contributed by atoms with Crippen LogP contribution in [-0.4, -0.2) is 23.6 Å². The number of hydrogen-bond acceptors (Lipinski definition) is 5. The summed E-state index contributed by atoms with van der Waals surface area (Å²) in [5.41, 5.74) is 0.476. The number of Topliss-reactive ketones (excluding diaryl/α,β-unsaturated/α-hetero) is 2. The zero-order chi connectivity index (χ0) is 17.7. The number of rotatable bonds is 7. The highest BCUT2D eigenvalue weighted by molar-refractivity contribution is 9.10. The van der Waals surface area contributed by atoms with E-state index in [4.69, 9.17) is 4.74 Å². The molecule has 0 spiro atoms. The maximum Gasteiger partial charge on any atom is 0.306 e. The molecular formula is C18H17BrO4S. The topological polar surface area (TPSA) is 60.4 Å². The van der Waals surface area contributed by atoms with Crippen molar-refractivity contribution in [2.75, 3.05) is 0 Å². The average Bonchev–Trinajstić information content (AvgIpc) is 2.99. The van der Waals surface area contributed by atoms with Crippen molar-refractivity contribution in [3.8, 4) is 0 Å². The lowest BCUT2D eigenvalue weighted by Crippen LogP contribution is -2.24. The largest absolute Gasteiger partial charge is 0.454 e. The molecule has 24 heavy (non-hydrogen) atoms. The first kappa shape index (κ1) is 18.5. The summed E-state index contributed by atoms with van der Waals surface area (Å²) < 4.78 is 6.01. The normalized spacial score (nSPS) is 11.8. The fourth-order valence-electron chi connectivity index (χ4n) is 2.08. The Kier molecular flexibility index (Phi) is 6.45. The van der Waals surface area contributed by atoms with Crippen molar-refractivity contribution in [3.63, 3.8) is 0 Å². The Morgan fingerprint density at radius 1 is 1.08 bits per heavy atom. The number of esters is 1. The predicted molar refractivity (Wildman–Crippen MR) is 96.6 cm³/mol. The number of thiophene rings is 1. The summed E-state index contributed by atoms with van der Waals surface area (Å²) in [6.07, 6.45) is -0.830. The van der Waals surface area contributed by atoms with Crippen molar-refractivity contribution >= 4 is 44.8 Å². The van der Waals surface area contributed by atoms with Crippen LogP contribution in [-0.2, 0) is 9.53 Å². The summed E-state index contributed by atoms with van der Waals surface area (Å²) in [6, 6.07) is 10.5. The molecule has 0 bridgehead atoms. The number of carbonyl (C=O) groups excluding carboxylic acids is 3. The van der Waals surface area contributed by atoms with Gasteiger partial charge in [-0.05, 0) is 38.1 Å². The quantitative estimate of drug-likeness (QED) is 0.496. The second-order valence-corrected chi connectivity index (χ2v) is 7.54. The lowest BCUT2D eigenvalue weighted by Gasteiger charge is -2.12. The molecule has 0 aliphatic heterocycles. The minimum atomic E-state index is -0.877. The van der Waals surface area contributed by atoms with E-state index in [1.54, 1.807) is 30.3 Å². The van der Waals surface area contributed by atoms with Gasteiger partial charge >= 0.3 is 5.97 Å². The standard InChI is InChI=1S/C18H17BrO4S/c1-11-3-9-16(24-11)15(20)8-10-17(21)23-12(2)18(22)13-4-6-14(19)7-5-13/h3-7,9,12H,8,10H2,1-2H3/t12-/m1/s1. The van der Waals surface area contributed by atoms with Crippen LogP contribution in [0.2, 0.25) is 0 Å². The van der Waals surface area contributed by atoms with Crippen LogP contribution < -0.4 is 0 Å². The Morgan fingerprint density at radius 3 is 2.33 bits per heavy atom. The number of aryl methyl sites for hydroxylation is 1. The average molecular weight is 409 g/mol. The van der Waals surface area contributed by atoms with E-state index in [0.29, 0.717) is 10.4 Å².